The van der Waals surface area contributed by atoms with E-state index in [1.54, 1.807) is 0 Å². The van der Waals surface area contributed by atoms with Crippen LogP contribution in [0, 0.1) is 11.8 Å². The van der Waals surface area contributed by atoms with Crippen LogP contribution in [0.15, 0.2) is 0 Å². The van der Waals surface area contributed by atoms with E-state index in [-0.39, 0.29) is 0 Å². The van der Waals surface area contributed by atoms with Crippen molar-refractivity contribution in [3.05, 3.63) is 0 Å². The van der Waals surface area contributed by atoms with E-state index in [4.69, 9.17) is 0 Å². The van der Waals surface area contributed by atoms with Crippen molar-refractivity contribution >= 4 is 0 Å². The fourth-order valence-electron chi connectivity index (χ4n) is 1.96. The van der Waals surface area contributed by atoms with Crippen molar-refractivity contribution in [1.29, 1.82) is 0 Å². The van der Waals surface area contributed by atoms with Crippen LogP contribution >= 0.6 is 0 Å². The number of rotatable bonds is 1. The molecule has 1 heterocycles. The van der Waals surface area contributed by atoms with Gasteiger partial charge < -0.3 is 5.32 Å². The first-order valence-corrected chi connectivity index (χ1v) is 3.65. The van der Waals surface area contributed by atoms with Crippen molar-refractivity contribution in [1.82, 2.24) is 5.32 Å². The van der Waals surface area contributed by atoms with Crippen LogP contribution in [0.5, 0.6) is 0 Å². The van der Waals surface area contributed by atoms with Crippen LogP contribution in [0.25, 0.3) is 0 Å². The van der Waals surface area contributed by atoms with Crippen LogP contribution in [0.1, 0.15) is 19.8 Å². The standard InChI is InChI=1S/C7H13N/c1-2-5-3-6-4-8-7(5)6/h5-8H,2-4H2,1H3/t5-,6-,7?/m0/s1. The third kappa shape index (κ3) is 0.408. The molecule has 1 unspecified atom stereocenters. The molecule has 0 amide bonds. The number of hydrogen-bond acceptors (Lipinski definition) is 1. The molecule has 1 aliphatic carbocycles. The Labute approximate surface area is 50.5 Å². The Morgan fingerprint density at radius 3 is 2.62 bits per heavy atom. The van der Waals surface area contributed by atoms with Gasteiger partial charge in [0.2, 0.25) is 0 Å². The van der Waals surface area contributed by atoms with E-state index in [1.807, 2.05) is 0 Å². The van der Waals surface area contributed by atoms with Gasteiger partial charge in [-0.1, -0.05) is 13.3 Å². The summed E-state index contributed by atoms with van der Waals surface area (Å²) in [5, 5.41) is 3.45. The van der Waals surface area contributed by atoms with E-state index in [1.165, 1.54) is 19.4 Å². The molecule has 46 valence electrons. The van der Waals surface area contributed by atoms with E-state index < -0.39 is 0 Å². The van der Waals surface area contributed by atoms with Crippen LogP contribution in [0.3, 0.4) is 0 Å². The van der Waals surface area contributed by atoms with Gasteiger partial charge >= 0.3 is 0 Å². The summed E-state index contributed by atoms with van der Waals surface area (Å²) >= 11 is 0. The molecule has 8 heavy (non-hydrogen) atoms. The number of nitrogens with one attached hydrogen (secondary N) is 1. The Morgan fingerprint density at radius 1 is 1.62 bits per heavy atom. The van der Waals surface area contributed by atoms with Gasteiger partial charge in [0, 0.05) is 6.04 Å². The SMILES string of the molecule is CC[C@H]1C[C@H]2CNC21. The minimum absolute atomic E-state index is 0.944. The lowest BCUT2D eigenvalue weighted by Gasteiger charge is -2.53. The summed E-state index contributed by atoms with van der Waals surface area (Å²) < 4.78 is 0. The normalized spacial score (nSPS) is 51.4. The van der Waals surface area contributed by atoms with Crippen LogP contribution in [-0.4, -0.2) is 12.6 Å². The molecule has 2 fully saturated rings. The van der Waals surface area contributed by atoms with Crippen molar-refractivity contribution in [3.8, 4) is 0 Å². The van der Waals surface area contributed by atoms with Gasteiger partial charge in [0.1, 0.15) is 0 Å². The lowest BCUT2D eigenvalue weighted by atomic mass is 9.64. The first-order valence-electron chi connectivity index (χ1n) is 3.65. The topological polar surface area (TPSA) is 12.0 Å². The van der Waals surface area contributed by atoms with E-state index in [0.717, 1.165) is 17.9 Å². The molecule has 1 saturated carbocycles. The fraction of sp³-hybridized carbons (Fsp3) is 1.00. The Balaban J connectivity index is 1.89. The predicted molar refractivity (Wildman–Crippen MR) is 33.7 cm³/mol. The molecule has 2 aliphatic rings. The lowest BCUT2D eigenvalue weighted by molar-refractivity contribution is 0.0268. The molecule has 0 radical (unpaired) electrons. The number of piperidine rings is 1. The summed E-state index contributed by atoms with van der Waals surface area (Å²) in [5.74, 6) is 2.12. The maximum atomic E-state index is 3.45. The van der Waals surface area contributed by atoms with Gasteiger partial charge in [0.05, 0.1) is 0 Å². The summed E-state index contributed by atoms with van der Waals surface area (Å²) in [6.07, 6.45) is 2.89. The van der Waals surface area contributed by atoms with Gasteiger partial charge in [-0.2, -0.15) is 0 Å². The van der Waals surface area contributed by atoms with Gasteiger partial charge in [-0.3, -0.25) is 0 Å². The maximum absolute atomic E-state index is 3.45. The van der Waals surface area contributed by atoms with Gasteiger partial charge in [-0.25, -0.2) is 0 Å². The van der Waals surface area contributed by atoms with E-state index >= 15 is 0 Å². The zero-order chi connectivity index (χ0) is 5.56. The largest absolute Gasteiger partial charge is 0.313 e. The molecule has 0 spiro atoms. The number of hydrogen-bond donors (Lipinski definition) is 1. The second kappa shape index (κ2) is 1.47. The molecule has 0 aromatic heterocycles. The van der Waals surface area contributed by atoms with E-state index in [0.29, 0.717) is 0 Å². The molecule has 1 aliphatic heterocycles. The molecule has 2 rings (SSSR count). The molecule has 0 bridgehead atoms. The Kier molecular flexibility index (Phi) is 0.884. The summed E-state index contributed by atoms with van der Waals surface area (Å²) in [6, 6.07) is 0.944. The molecular formula is C7H13N. The average molecular weight is 111 g/mol. The molecule has 1 N–H and O–H groups in total. The second-order valence-electron chi connectivity index (χ2n) is 3.10. The van der Waals surface area contributed by atoms with Crippen molar-refractivity contribution in [2.45, 2.75) is 25.8 Å². The first kappa shape index (κ1) is 4.80. The molecule has 0 aromatic rings. The van der Waals surface area contributed by atoms with Gasteiger partial charge in [0.15, 0.2) is 0 Å². The molecule has 1 nitrogen and oxygen atoms in total. The zero-order valence-electron chi connectivity index (χ0n) is 5.35. The molecule has 3 atom stereocenters. The fourth-order valence-corrected chi connectivity index (χ4v) is 1.96. The Bertz CT molecular complexity index is 98.6. The minimum Gasteiger partial charge on any atom is -0.313 e. The Hall–Kier alpha value is -0.0400. The smallest absolute Gasteiger partial charge is 0.0136 e. The number of fused-ring (bicyclic) bond motifs is 1. The summed E-state index contributed by atoms with van der Waals surface area (Å²) in [6.45, 7) is 3.60. The first-order chi connectivity index (χ1) is 3.92. The van der Waals surface area contributed by atoms with Gasteiger partial charge in [-0.05, 0) is 24.8 Å². The highest BCUT2D eigenvalue weighted by Gasteiger charge is 2.45. The van der Waals surface area contributed by atoms with Gasteiger partial charge in [0.25, 0.3) is 0 Å². The third-order valence-electron chi connectivity index (χ3n) is 2.76. The van der Waals surface area contributed by atoms with Crippen molar-refractivity contribution in [2.75, 3.05) is 6.54 Å². The van der Waals surface area contributed by atoms with Gasteiger partial charge in [-0.15, -0.1) is 0 Å². The third-order valence-corrected chi connectivity index (χ3v) is 2.76. The molecule has 1 saturated heterocycles. The maximum Gasteiger partial charge on any atom is 0.0136 e. The van der Waals surface area contributed by atoms with Crippen LogP contribution in [-0.2, 0) is 0 Å². The summed E-state index contributed by atoms with van der Waals surface area (Å²) in [4.78, 5) is 0. The van der Waals surface area contributed by atoms with Crippen molar-refractivity contribution in [3.63, 3.8) is 0 Å². The summed E-state index contributed by atoms with van der Waals surface area (Å²) in [5.41, 5.74) is 0. The van der Waals surface area contributed by atoms with E-state index in [2.05, 4.69) is 12.2 Å². The lowest BCUT2D eigenvalue weighted by Crippen LogP contribution is -2.64. The monoisotopic (exact) mass is 111 g/mol. The zero-order valence-corrected chi connectivity index (χ0v) is 5.35. The quantitative estimate of drug-likeness (QED) is 0.532. The Morgan fingerprint density at radius 2 is 2.50 bits per heavy atom. The average Bonchev–Trinajstić information content (AvgIpc) is 1.76. The van der Waals surface area contributed by atoms with Crippen LogP contribution in [0.2, 0.25) is 0 Å². The highest BCUT2D eigenvalue weighted by atomic mass is 15.0. The molecule has 1 heteroatoms. The van der Waals surface area contributed by atoms with Crippen molar-refractivity contribution < 1.29 is 0 Å². The highest BCUT2D eigenvalue weighted by molar-refractivity contribution is 5.02. The second-order valence-corrected chi connectivity index (χ2v) is 3.10. The molecular weight excluding hydrogens is 98.1 g/mol. The van der Waals surface area contributed by atoms with Crippen LogP contribution < -0.4 is 5.32 Å². The van der Waals surface area contributed by atoms with Crippen molar-refractivity contribution in [2.24, 2.45) is 11.8 Å². The summed E-state index contributed by atoms with van der Waals surface area (Å²) in [7, 11) is 0. The van der Waals surface area contributed by atoms with Crippen LogP contribution in [0.4, 0.5) is 0 Å². The molecule has 0 aromatic carbocycles. The highest BCUT2D eigenvalue weighted by Crippen LogP contribution is 2.41. The predicted octanol–water partition coefficient (Wildman–Crippen LogP) is 1.00. The minimum atomic E-state index is 0.944. The van der Waals surface area contributed by atoms with E-state index in [9.17, 15) is 0 Å².